The molecule has 146 valence electrons. The van der Waals surface area contributed by atoms with Crippen LogP contribution in [0, 0.1) is 11.3 Å². The van der Waals surface area contributed by atoms with Gasteiger partial charge in [0.15, 0.2) is 0 Å². The minimum absolute atomic E-state index is 0.255. The van der Waals surface area contributed by atoms with E-state index in [0.717, 1.165) is 45.9 Å². The smallest absolute Gasteiger partial charge is 0.475 e. The second-order valence-electron chi connectivity index (χ2n) is 6.78. The molecule has 2 fully saturated rings. The zero-order valence-corrected chi connectivity index (χ0v) is 14.7. The number of halogens is 3. The van der Waals surface area contributed by atoms with Gasteiger partial charge >= 0.3 is 12.1 Å². The van der Waals surface area contributed by atoms with Crippen LogP contribution in [-0.2, 0) is 20.7 Å². The van der Waals surface area contributed by atoms with Crippen molar-refractivity contribution in [1.82, 2.24) is 4.90 Å². The fourth-order valence-electron chi connectivity index (χ4n) is 3.54. The third-order valence-corrected chi connectivity index (χ3v) is 4.83. The van der Waals surface area contributed by atoms with Crippen LogP contribution in [-0.4, -0.2) is 68.7 Å². The standard InChI is InChI=1S/C16H23NO2.C2HF3O2/c1-18-12-16-11-17(9-15(16)10-19-13-16)8-7-14-5-3-2-4-6-14;3-2(4,5)1(6)7/h2-6,15H,7-13H2,1H3;(H,6,7)/t15-,16-;/m1./s1. The molecular weight excluding hydrogens is 351 g/mol. The van der Waals surface area contributed by atoms with Crippen LogP contribution in [0.25, 0.3) is 0 Å². The molecule has 1 N–H and O–H groups in total. The zero-order chi connectivity index (χ0) is 19.2. The highest BCUT2D eigenvalue weighted by Gasteiger charge is 2.50. The molecule has 2 saturated heterocycles. The van der Waals surface area contributed by atoms with Gasteiger partial charge in [0.2, 0.25) is 0 Å². The number of fused-ring (bicyclic) bond motifs is 1. The maximum absolute atomic E-state index is 10.6. The van der Waals surface area contributed by atoms with E-state index in [9.17, 15) is 13.2 Å². The molecule has 8 heteroatoms. The van der Waals surface area contributed by atoms with E-state index in [1.165, 1.54) is 5.56 Å². The van der Waals surface area contributed by atoms with Crippen molar-refractivity contribution in [3.63, 3.8) is 0 Å². The van der Waals surface area contributed by atoms with Gasteiger partial charge < -0.3 is 19.5 Å². The van der Waals surface area contributed by atoms with Crippen LogP contribution in [0.1, 0.15) is 5.56 Å². The molecule has 0 radical (unpaired) electrons. The van der Waals surface area contributed by atoms with E-state index in [1.54, 1.807) is 7.11 Å². The van der Waals surface area contributed by atoms with E-state index in [2.05, 4.69) is 35.2 Å². The van der Waals surface area contributed by atoms with E-state index in [-0.39, 0.29) is 5.41 Å². The second kappa shape index (κ2) is 8.83. The van der Waals surface area contributed by atoms with Gasteiger partial charge in [0, 0.05) is 38.1 Å². The Balaban J connectivity index is 0.000000298. The molecule has 1 aromatic rings. The Labute approximate surface area is 150 Å². The molecule has 3 rings (SSSR count). The highest BCUT2D eigenvalue weighted by atomic mass is 19.4. The number of hydrogen-bond donors (Lipinski definition) is 1. The minimum Gasteiger partial charge on any atom is -0.475 e. The molecule has 0 saturated carbocycles. The van der Waals surface area contributed by atoms with Crippen LogP contribution in [0.5, 0.6) is 0 Å². The van der Waals surface area contributed by atoms with Crippen molar-refractivity contribution in [2.45, 2.75) is 12.6 Å². The predicted molar refractivity (Wildman–Crippen MR) is 88.9 cm³/mol. The Hall–Kier alpha value is -1.64. The number of likely N-dealkylation sites (tertiary alicyclic amines) is 1. The third-order valence-electron chi connectivity index (χ3n) is 4.83. The number of aliphatic carboxylic acids is 1. The number of carboxylic acid groups (broad SMARTS) is 1. The first-order valence-corrected chi connectivity index (χ1v) is 8.40. The summed E-state index contributed by atoms with van der Waals surface area (Å²) in [4.78, 5) is 11.5. The number of benzene rings is 1. The molecule has 0 unspecified atom stereocenters. The SMILES string of the molecule is COC[C@]12COC[C@H]1CN(CCc1ccccc1)C2.O=C(O)C(F)(F)F. The first kappa shape index (κ1) is 20.7. The molecule has 26 heavy (non-hydrogen) atoms. The number of hydrogen-bond acceptors (Lipinski definition) is 4. The highest BCUT2D eigenvalue weighted by molar-refractivity contribution is 5.73. The summed E-state index contributed by atoms with van der Waals surface area (Å²) >= 11 is 0. The van der Waals surface area contributed by atoms with Gasteiger partial charge in [-0.25, -0.2) is 4.79 Å². The molecule has 2 atom stereocenters. The molecule has 2 heterocycles. The summed E-state index contributed by atoms with van der Waals surface area (Å²) in [5.41, 5.74) is 1.68. The van der Waals surface area contributed by atoms with Crippen LogP contribution >= 0.6 is 0 Å². The van der Waals surface area contributed by atoms with E-state index >= 15 is 0 Å². The molecular formula is C18H24F3NO4. The van der Waals surface area contributed by atoms with Gasteiger partial charge in [0.25, 0.3) is 0 Å². The van der Waals surface area contributed by atoms with Crippen molar-refractivity contribution in [3.05, 3.63) is 35.9 Å². The van der Waals surface area contributed by atoms with Gasteiger partial charge in [-0.05, 0) is 12.0 Å². The van der Waals surface area contributed by atoms with E-state index in [1.807, 2.05) is 0 Å². The first-order chi connectivity index (χ1) is 12.3. The predicted octanol–water partition coefficient (Wildman–Crippen LogP) is 2.46. The Morgan fingerprint density at radius 1 is 1.38 bits per heavy atom. The van der Waals surface area contributed by atoms with E-state index in [0.29, 0.717) is 5.92 Å². The van der Waals surface area contributed by atoms with Crippen LogP contribution in [0.4, 0.5) is 13.2 Å². The number of nitrogens with zero attached hydrogens (tertiary/aromatic N) is 1. The lowest BCUT2D eigenvalue weighted by Crippen LogP contribution is -2.35. The van der Waals surface area contributed by atoms with Crippen molar-refractivity contribution >= 4 is 5.97 Å². The van der Waals surface area contributed by atoms with Gasteiger partial charge in [-0.2, -0.15) is 13.2 Å². The number of alkyl halides is 3. The van der Waals surface area contributed by atoms with Crippen LogP contribution in [0.3, 0.4) is 0 Å². The topological polar surface area (TPSA) is 59.0 Å². The summed E-state index contributed by atoms with van der Waals surface area (Å²) in [5, 5.41) is 7.12. The van der Waals surface area contributed by atoms with Gasteiger partial charge in [0.05, 0.1) is 19.8 Å². The lowest BCUT2D eigenvalue weighted by molar-refractivity contribution is -0.192. The summed E-state index contributed by atoms with van der Waals surface area (Å²) in [6.07, 6.45) is -3.95. The maximum Gasteiger partial charge on any atom is 0.490 e. The Kier molecular flexibility index (Phi) is 7.02. The number of ether oxygens (including phenoxy) is 2. The number of methoxy groups -OCH3 is 1. The highest BCUT2D eigenvalue weighted by Crippen LogP contribution is 2.41. The van der Waals surface area contributed by atoms with Gasteiger partial charge in [0.1, 0.15) is 0 Å². The van der Waals surface area contributed by atoms with Gasteiger partial charge in [-0.3, -0.25) is 0 Å². The average molecular weight is 375 g/mol. The second-order valence-corrected chi connectivity index (χ2v) is 6.78. The van der Waals surface area contributed by atoms with Crippen LogP contribution < -0.4 is 0 Å². The molecule has 0 aliphatic carbocycles. The van der Waals surface area contributed by atoms with Gasteiger partial charge in [-0.15, -0.1) is 0 Å². The summed E-state index contributed by atoms with van der Waals surface area (Å²) in [6.45, 7) is 6.04. The molecule has 0 amide bonds. The maximum atomic E-state index is 10.6. The number of carboxylic acids is 1. The molecule has 0 spiro atoms. The van der Waals surface area contributed by atoms with E-state index < -0.39 is 12.1 Å². The normalized spacial score (nSPS) is 25.5. The zero-order valence-electron chi connectivity index (χ0n) is 14.7. The number of carbonyl (C=O) groups is 1. The molecule has 5 nitrogen and oxygen atoms in total. The van der Waals surface area contributed by atoms with Crippen molar-refractivity contribution in [2.24, 2.45) is 11.3 Å². The quantitative estimate of drug-likeness (QED) is 0.857. The van der Waals surface area contributed by atoms with Gasteiger partial charge in [-0.1, -0.05) is 30.3 Å². The summed E-state index contributed by atoms with van der Waals surface area (Å²) in [6, 6.07) is 10.7. The molecule has 1 aromatic carbocycles. The monoisotopic (exact) mass is 375 g/mol. The summed E-state index contributed by atoms with van der Waals surface area (Å²) in [5.74, 6) is -2.10. The minimum atomic E-state index is -5.08. The molecule has 0 bridgehead atoms. The lowest BCUT2D eigenvalue weighted by atomic mass is 9.82. The average Bonchev–Trinajstić information content (AvgIpc) is 3.10. The molecule has 0 aromatic heterocycles. The van der Waals surface area contributed by atoms with Crippen molar-refractivity contribution in [2.75, 3.05) is 46.6 Å². The molecule has 2 aliphatic heterocycles. The Bertz CT molecular complexity index is 582. The van der Waals surface area contributed by atoms with Crippen molar-refractivity contribution in [3.8, 4) is 0 Å². The van der Waals surface area contributed by atoms with Crippen LogP contribution in [0.15, 0.2) is 30.3 Å². The first-order valence-electron chi connectivity index (χ1n) is 8.40. The fraction of sp³-hybridized carbons (Fsp3) is 0.611. The Morgan fingerprint density at radius 2 is 2.04 bits per heavy atom. The Morgan fingerprint density at radius 3 is 2.62 bits per heavy atom. The largest absolute Gasteiger partial charge is 0.490 e. The summed E-state index contributed by atoms with van der Waals surface area (Å²) < 4.78 is 42.8. The van der Waals surface area contributed by atoms with Crippen LogP contribution in [0.2, 0.25) is 0 Å². The lowest BCUT2D eigenvalue weighted by Gasteiger charge is -2.26. The molecule has 2 aliphatic rings. The van der Waals surface area contributed by atoms with E-state index in [4.69, 9.17) is 19.4 Å². The number of rotatable bonds is 5. The fourth-order valence-corrected chi connectivity index (χ4v) is 3.54. The van der Waals surface area contributed by atoms with Crippen molar-refractivity contribution in [1.29, 1.82) is 0 Å². The van der Waals surface area contributed by atoms with Crippen molar-refractivity contribution < 1.29 is 32.5 Å². The third kappa shape index (κ3) is 5.43. The summed E-state index contributed by atoms with van der Waals surface area (Å²) in [7, 11) is 1.80.